The Labute approximate surface area is 202 Å². The Kier molecular flexibility index (Phi) is 8.25. The van der Waals surface area contributed by atoms with Crippen molar-refractivity contribution in [3.8, 4) is 0 Å². The normalized spacial score (nSPS) is 17.4. The molecule has 0 bridgehead atoms. The van der Waals surface area contributed by atoms with Crippen molar-refractivity contribution in [3.05, 3.63) is 54.1 Å². The van der Waals surface area contributed by atoms with Crippen molar-refractivity contribution >= 4 is 31.6 Å². The summed E-state index contributed by atoms with van der Waals surface area (Å²) in [6.45, 7) is 2.29. The number of halogens is 3. The summed E-state index contributed by atoms with van der Waals surface area (Å²) in [7, 11) is -7.89. The maximum Gasteiger partial charge on any atom is 0.416 e. The van der Waals surface area contributed by atoms with Crippen molar-refractivity contribution in [2.75, 3.05) is 18.4 Å². The zero-order valence-electron chi connectivity index (χ0n) is 18.9. The van der Waals surface area contributed by atoms with Gasteiger partial charge in [0.15, 0.2) is 0 Å². The van der Waals surface area contributed by atoms with Crippen LogP contribution in [-0.4, -0.2) is 46.2 Å². The van der Waals surface area contributed by atoms with Gasteiger partial charge in [0.1, 0.15) is 6.04 Å². The fourth-order valence-electron chi connectivity index (χ4n) is 3.65. The number of alkyl halides is 3. The van der Waals surface area contributed by atoms with Crippen molar-refractivity contribution < 1.29 is 34.8 Å². The minimum Gasteiger partial charge on any atom is -0.325 e. The van der Waals surface area contributed by atoms with E-state index < -0.39 is 43.7 Å². The van der Waals surface area contributed by atoms with Gasteiger partial charge in [0, 0.05) is 18.8 Å². The number of carbonyl (C=O) groups is 1. The molecule has 0 radical (unpaired) electrons. The van der Waals surface area contributed by atoms with E-state index in [1.807, 2.05) is 6.92 Å². The SMILES string of the molecule is CCCCNS(=O)(=O)c1ccc(NC(=O)C2CCCN2S(=O)(=O)c2ccc(C(F)(F)F)cc2)cc1. The van der Waals surface area contributed by atoms with Crippen LogP contribution >= 0.6 is 0 Å². The van der Waals surface area contributed by atoms with E-state index in [0.717, 1.165) is 22.9 Å². The Balaban J connectivity index is 1.71. The van der Waals surface area contributed by atoms with Crippen LogP contribution in [0.4, 0.5) is 18.9 Å². The lowest BCUT2D eigenvalue weighted by Gasteiger charge is -2.23. The van der Waals surface area contributed by atoms with Crippen LogP contribution in [0.5, 0.6) is 0 Å². The molecule has 3 rings (SSSR count). The van der Waals surface area contributed by atoms with Crippen LogP contribution in [0, 0.1) is 0 Å². The third-order valence-electron chi connectivity index (χ3n) is 5.55. The van der Waals surface area contributed by atoms with E-state index in [1.165, 1.54) is 24.3 Å². The first kappa shape index (κ1) is 27.1. The number of benzene rings is 2. The zero-order chi connectivity index (χ0) is 25.9. The molecule has 192 valence electrons. The van der Waals surface area contributed by atoms with Crippen LogP contribution in [-0.2, 0) is 31.0 Å². The van der Waals surface area contributed by atoms with E-state index in [-0.39, 0.29) is 28.4 Å². The summed E-state index contributed by atoms with van der Waals surface area (Å²) in [5, 5.41) is 2.59. The molecule has 1 amide bonds. The van der Waals surface area contributed by atoms with Gasteiger partial charge in [-0.2, -0.15) is 17.5 Å². The van der Waals surface area contributed by atoms with Crippen LogP contribution in [0.1, 0.15) is 38.2 Å². The van der Waals surface area contributed by atoms with Gasteiger partial charge < -0.3 is 5.32 Å². The molecule has 0 aromatic heterocycles. The molecule has 1 saturated heterocycles. The zero-order valence-corrected chi connectivity index (χ0v) is 20.5. The Morgan fingerprint density at radius 2 is 1.60 bits per heavy atom. The summed E-state index contributed by atoms with van der Waals surface area (Å²) in [5.74, 6) is -0.616. The van der Waals surface area contributed by atoms with Gasteiger partial charge in [-0.25, -0.2) is 21.6 Å². The van der Waals surface area contributed by atoms with E-state index in [4.69, 9.17) is 0 Å². The predicted molar refractivity (Wildman–Crippen MR) is 124 cm³/mol. The van der Waals surface area contributed by atoms with Crippen molar-refractivity contribution in [2.45, 2.75) is 54.6 Å². The topological polar surface area (TPSA) is 113 Å². The number of hydrogen-bond donors (Lipinski definition) is 2. The number of anilines is 1. The minimum atomic E-state index is -4.60. The Hall–Kier alpha value is -2.48. The largest absolute Gasteiger partial charge is 0.416 e. The van der Waals surface area contributed by atoms with Gasteiger partial charge in [0.25, 0.3) is 0 Å². The Morgan fingerprint density at radius 1 is 1.00 bits per heavy atom. The monoisotopic (exact) mass is 533 g/mol. The van der Waals surface area contributed by atoms with E-state index >= 15 is 0 Å². The highest BCUT2D eigenvalue weighted by Crippen LogP contribution is 2.32. The lowest BCUT2D eigenvalue weighted by atomic mass is 10.2. The third kappa shape index (κ3) is 6.40. The number of carbonyl (C=O) groups excluding carboxylic acids is 1. The molecular weight excluding hydrogens is 507 g/mol. The maximum atomic E-state index is 13.0. The van der Waals surface area contributed by atoms with Gasteiger partial charge >= 0.3 is 6.18 Å². The number of unbranched alkanes of at least 4 members (excludes halogenated alkanes) is 1. The van der Waals surface area contributed by atoms with E-state index in [9.17, 15) is 34.8 Å². The minimum absolute atomic E-state index is 0.0268. The highest BCUT2D eigenvalue weighted by Gasteiger charge is 2.40. The number of rotatable bonds is 9. The second-order valence-electron chi connectivity index (χ2n) is 8.06. The van der Waals surface area contributed by atoms with Gasteiger partial charge in [0.2, 0.25) is 26.0 Å². The number of nitrogens with one attached hydrogen (secondary N) is 2. The molecule has 2 aromatic carbocycles. The van der Waals surface area contributed by atoms with Crippen LogP contribution < -0.4 is 10.0 Å². The average molecular weight is 534 g/mol. The van der Waals surface area contributed by atoms with Gasteiger partial charge in [-0.1, -0.05) is 13.3 Å². The molecule has 0 saturated carbocycles. The molecule has 1 atom stereocenters. The number of sulfonamides is 2. The summed E-state index contributed by atoms with van der Waals surface area (Å²) >= 11 is 0. The average Bonchev–Trinajstić information content (AvgIpc) is 3.30. The standard InChI is InChI=1S/C22H26F3N3O5S2/c1-2-3-14-26-34(30,31)18-12-8-17(9-13-18)27-21(29)20-5-4-15-28(20)35(32,33)19-10-6-16(7-11-19)22(23,24)25/h6-13,20,26H,2-5,14-15H2,1H3,(H,27,29). The number of nitrogens with zero attached hydrogens (tertiary/aromatic N) is 1. The fraction of sp³-hybridized carbons (Fsp3) is 0.409. The van der Waals surface area contributed by atoms with Crippen LogP contribution in [0.3, 0.4) is 0 Å². The first-order valence-corrected chi connectivity index (χ1v) is 13.9. The summed E-state index contributed by atoms with van der Waals surface area (Å²) in [5.41, 5.74) is -0.695. The highest BCUT2D eigenvalue weighted by molar-refractivity contribution is 7.89. The quantitative estimate of drug-likeness (QED) is 0.479. The Bertz CT molecular complexity index is 1250. The van der Waals surface area contributed by atoms with Gasteiger partial charge in [-0.3, -0.25) is 4.79 Å². The lowest BCUT2D eigenvalue weighted by molar-refractivity contribution is -0.137. The Morgan fingerprint density at radius 3 is 2.17 bits per heavy atom. The van der Waals surface area contributed by atoms with Crippen molar-refractivity contribution in [1.29, 1.82) is 0 Å². The summed E-state index contributed by atoms with van der Waals surface area (Å²) in [6.07, 6.45) is -2.43. The van der Waals surface area contributed by atoms with Crippen molar-refractivity contribution in [3.63, 3.8) is 0 Å². The fourth-order valence-corrected chi connectivity index (χ4v) is 6.38. The molecule has 35 heavy (non-hydrogen) atoms. The van der Waals surface area contributed by atoms with E-state index in [1.54, 1.807) is 0 Å². The first-order valence-electron chi connectivity index (χ1n) is 11.0. The molecule has 1 aliphatic heterocycles. The molecule has 1 unspecified atom stereocenters. The second-order valence-corrected chi connectivity index (χ2v) is 11.7. The number of amides is 1. The smallest absolute Gasteiger partial charge is 0.325 e. The molecule has 0 spiro atoms. The maximum absolute atomic E-state index is 13.0. The third-order valence-corrected chi connectivity index (χ3v) is 8.95. The summed E-state index contributed by atoms with van der Waals surface area (Å²) in [4.78, 5) is 12.5. The highest BCUT2D eigenvalue weighted by atomic mass is 32.2. The van der Waals surface area contributed by atoms with Gasteiger partial charge in [-0.05, 0) is 67.8 Å². The van der Waals surface area contributed by atoms with Gasteiger partial charge in [0.05, 0.1) is 15.4 Å². The first-order chi connectivity index (χ1) is 16.4. The van der Waals surface area contributed by atoms with Crippen LogP contribution in [0.15, 0.2) is 58.3 Å². The molecule has 13 heteroatoms. The van der Waals surface area contributed by atoms with E-state index in [2.05, 4.69) is 10.0 Å². The molecular formula is C22H26F3N3O5S2. The molecule has 8 nitrogen and oxygen atoms in total. The molecule has 0 aliphatic carbocycles. The van der Waals surface area contributed by atoms with Crippen molar-refractivity contribution in [2.24, 2.45) is 0 Å². The second kappa shape index (κ2) is 10.6. The van der Waals surface area contributed by atoms with Crippen LogP contribution in [0.25, 0.3) is 0 Å². The number of hydrogen-bond acceptors (Lipinski definition) is 5. The summed E-state index contributed by atoms with van der Waals surface area (Å²) in [6, 6.07) is 7.52. The molecule has 2 aromatic rings. The molecule has 1 heterocycles. The molecule has 1 aliphatic rings. The van der Waals surface area contributed by atoms with Crippen molar-refractivity contribution in [1.82, 2.24) is 9.03 Å². The molecule has 1 fully saturated rings. The summed E-state index contributed by atoms with van der Waals surface area (Å²) < 4.78 is 92.5. The predicted octanol–water partition coefficient (Wildman–Crippen LogP) is 3.58. The van der Waals surface area contributed by atoms with E-state index in [0.29, 0.717) is 31.5 Å². The van der Waals surface area contributed by atoms with Gasteiger partial charge in [-0.15, -0.1) is 0 Å². The molecule has 2 N–H and O–H groups in total. The lowest BCUT2D eigenvalue weighted by Crippen LogP contribution is -2.43. The van der Waals surface area contributed by atoms with Crippen LogP contribution in [0.2, 0.25) is 0 Å².